The molecule has 2 N–H and O–H groups in total. The molecule has 73 heavy (non-hydrogen) atoms. The van der Waals surface area contributed by atoms with Crippen LogP contribution in [0.5, 0.6) is 0 Å². The first-order chi connectivity index (χ1) is 36.1. The molecular formula is C54H81N3O16. The molecule has 0 saturated heterocycles. The van der Waals surface area contributed by atoms with Gasteiger partial charge in [-0.3, -0.25) is 9.59 Å². The third-order valence-corrected chi connectivity index (χ3v) is 10.9. The Hall–Kier alpha value is -4.53. The smallest absolute Gasteiger partial charge is 0.407 e. The fourth-order valence-electron chi connectivity index (χ4n) is 7.09. The maximum Gasteiger partial charge on any atom is 0.407 e. The highest BCUT2D eigenvalue weighted by molar-refractivity contribution is 5.95. The second kappa shape index (κ2) is 42.8. The summed E-state index contributed by atoms with van der Waals surface area (Å²) >= 11 is 0. The molecule has 408 valence electrons. The summed E-state index contributed by atoms with van der Waals surface area (Å²) in [5.74, 6) is 6.16. The summed E-state index contributed by atoms with van der Waals surface area (Å²) in [7, 11) is 0. The van der Waals surface area contributed by atoms with E-state index in [9.17, 15) is 14.4 Å². The lowest BCUT2D eigenvalue weighted by Gasteiger charge is -2.26. The molecule has 0 fully saturated rings. The van der Waals surface area contributed by atoms with E-state index in [2.05, 4.69) is 34.6 Å². The van der Waals surface area contributed by atoms with Gasteiger partial charge in [-0.1, -0.05) is 54.3 Å². The van der Waals surface area contributed by atoms with Gasteiger partial charge in [0.05, 0.1) is 171 Å². The summed E-state index contributed by atoms with van der Waals surface area (Å²) in [6, 6.07) is 15.5. The third-order valence-electron chi connectivity index (χ3n) is 10.9. The van der Waals surface area contributed by atoms with Crippen LogP contribution in [-0.2, 0) is 77.7 Å². The highest BCUT2D eigenvalue weighted by atomic mass is 16.6. The molecule has 19 nitrogen and oxygen atoms in total. The molecular weight excluding hydrogens is 947 g/mol. The van der Waals surface area contributed by atoms with Gasteiger partial charge in [-0.15, -0.1) is 0 Å². The van der Waals surface area contributed by atoms with Crippen molar-refractivity contribution in [2.24, 2.45) is 0 Å². The molecule has 1 unspecified atom stereocenters. The largest absolute Gasteiger partial charge is 0.446 e. The zero-order valence-corrected chi connectivity index (χ0v) is 42.9. The van der Waals surface area contributed by atoms with E-state index in [4.69, 9.17) is 61.6 Å². The fraction of sp³-hybridized carbons (Fsp3) is 0.648. The molecule has 2 aromatic carbocycles. The van der Waals surface area contributed by atoms with Crippen molar-refractivity contribution in [3.05, 3.63) is 77.4 Å². The van der Waals surface area contributed by atoms with Crippen LogP contribution in [0, 0.1) is 11.8 Å². The highest BCUT2D eigenvalue weighted by Crippen LogP contribution is 2.26. The zero-order valence-electron chi connectivity index (χ0n) is 42.9. The topological polar surface area (TPSA) is 199 Å². The summed E-state index contributed by atoms with van der Waals surface area (Å²) in [5, 5.41) is 5.56. The fourth-order valence-corrected chi connectivity index (χ4v) is 7.09. The van der Waals surface area contributed by atoms with Crippen molar-refractivity contribution < 1.29 is 76.0 Å². The van der Waals surface area contributed by atoms with Crippen LogP contribution in [0.3, 0.4) is 0 Å². The lowest BCUT2D eigenvalue weighted by molar-refractivity contribution is -0.122. The number of amides is 3. The van der Waals surface area contributed by atoms with Gasteiger partial charge in [0.15, 0.2) is 0 Å². The number of nitrogens with zero attached hydrogens (tertiary/aromatic N) is 1. The predicted octanol–water partition coefficient (Wildman–Crippen LogP) is 4.64. The van der Waals surface area contributed by atoms with E-state index in [1.165, 1.54) is 0 Å². The molecule has 0 spiro atoms. The van der Waals surface area contributed by atoms with Crippen LogP contribution in [0.4, 0.5) is 10.5 Å². The van der Waals surface area contributed by atoms with Gasteiger partial charge in [0, 0.05) is 37.1 Å². The molecule has 3 amide bonds. The first-order valence-electron chi connectivity index (χ1n) is 25.9. The molecule has 0 radical (unpaired) electrons. The summed E-state index contributed by atoms with van der Waals surface area (Å²) in [6.45, 7) is 11.7. The Kier molecular flexibility index (Phi) is 35.8. The number of hydrogen-bond acceptors (Lipinski definition) is 16. The second-order valence-corrected chi connectivity index (χ2v) is 16.5. The number of alkyl carbamates (subject to hydrolysis) is 1. The van der Waals surface area contributed by atoms with Crippen molar-refractivity contribution in [2.45, 2.75) is 57.6 Å². The molecule has 4 rings (SSSR count). The quantitative estimate of drug-likeness (QED) is 0.0529. The SMILES string of the molecule is O=C(CCOCCOCCOCCOCCOCCOCCOCCOCCOCCOCCOCCOCCNC(=O)OC1CC/C=C\CCC1)NCCC(=O)N1Cc2ccccc2C#Cc2ccccc21. The van der Waals surface area contributed by atoms with Gasteiger partial charge in [0.2, 0.25) is 11.8 Å². The number of carbonyl (C=O) groups excluding carboxylic acids is 3. The third kappa shape index (κ3) is 31.1. The predicted molar refractivity (Wildman–Crippen MR) is 273 cm³/mol. The molecule has 1 aliphatic carbocycles. The number of allylic oxidation sites excluding steroid dienone is 2. The lowest BCUT2D eigenvalue weighted by Crippen LogP contribution is -2.35. The van der Waals surface area contributed by atoms with E-state index in [0.717, 1.165) is 54.5 Å². The van der Waals surface area contributed by atoms with Crippen LogP contribution >= 0.6 is 0 Å². The Balaban J connectivity index is 0.771. The summed E-state index contributed by atoms with van der Waals surface area (Å²) in [6.07, 6.45) is 9.11. The van der Waals surface area contributed by atoms with Gasteiger partial charge in [0.25, 0.3) is 0 Å². The van der Waals surface area contributed by atoms with Crippen molar-refractivity contribution in [1.82, 2.24) is 10.6 Å². The minimum absolute atomic E-state index is 0.0172. The second-order valence-electron chi connectivity index (χ2n) is 16.5. The Morgan fingerprint density at radius 3 is 1.44 bits per heavy atom. The average Bonchev–Trinajstić information content (AvgIpc) is 3.38. The number of hydrogen-bond donors (Lipinski definition) is 2. The molecule has 1 aliphatic heterocycles. The van der Waals surface area contributed by atoms with E-state index in [-0.39, 0.29) is 50.0 Å². The van der Waals surface area contributed by atoms with Crippen molar-refractivity contribution in [1.29, 1.82) is 0 Å². The van der Waals surface area contributed by atoms with Crippen molar-refractivity contribution in [2.75, 3.05) is 177 Å². The van der Waals surface area contributed by atoms with E-state index in [1.807, 2.05) is 48.5 Å². The van der Waals surface area contributed by atoms with Gasteiger partial charge in [-0.2, -0.15) is 0 Å². The molecule has 1 atom stereocenters. The molecule has 0 saturated carbocycles. The van der Waals surface area contributed by atoms with Crippen LogP contribution in [-0.4, -0.2) is 196 Å². The number of benzene rings is 2. The summed E-state index contributed by atoms with van der Waals surface area (Å²) in [5.41, 5.74) is 3.45. The van der Waals surface area contributed by atoms with Crippen molar-refractivity contribution in [3.63, 3.8) is 0 Å². The number of carbonyl (C=O) groups is 3. The maximum atomic E-state index is 13.3. The summed E-state index contributed by atoms with van der Waals surface area (Å²) in [4.78, 5) is 39.4. The normalized spacial score (nSPS) is 14.6. The van der Waals surface area contributed by atoms with Gasteiger partial charge in [-0.25, -0.2) is 4.79 Å². The molecule has 1 heterocycles. The van der Waals surface area contributed by atoms with Crippen LogP contribution in [0.25, 0.3) is 0 Å². The number of nitrogens with one attached hydrogen (secondary N) is 2. The van der Waals surface area contributed by atoms with Crippen LogP contribution in [0.1, 0.15) is 61.6 Å². The number of fused-ring (bicyclic) bond motifs is 2. The van der Waals surface area contributed by atoms with Gasteiger partial charge >= 0.3 is 6.09 Å². The number of para-hydroxylation sites is 1. The van der Waals surface area contributed by atoms with E-state index in [0.29, 0.717) is 165 Å². The van der Waals surface area contributed by atoms with E-state index >= 15 is 0 Å². The highest BCUT2D eigenvalue weighted by Gasteiger charge is 2.21. The minimum Gasteiger partial charge on any atom is -0.446 e. The first-order valence-corrected chi connectivity index (χ1v) is 25.9. The maximum absolute atomic E-state index is 13.3. The Bertz CT molecular complexity index is 1840. The minimum atomic E-state index is -0.384. The van der Waals surface area contributed by atoms with E-state index < -0.39 is 0 Å². The van der Waals surface area contributed by atoms with Gasteiger partial charge in [0.1, 0.15) is 6.10 Å². The van der Waals surface area contributed by atoms with Crippen LogP contribution < -0.4 is 15.5 Å². The lowest BCUT2D eigenvalue weighted by atomic mass is 10.0. The Labute approximate surface area is 432 Å². The van der Waals surface area contributed by atoms with Gasteiger partial charge < -0.3 is 77.1 Å². The summed E-state index contributed by atoms with van der Waals surface area (Å²) < 4.78 is 71.7. The number of anilines is 1. The molecule has 2 aromatic rings. The monoisotopic (exact) mass is 1030 g/mol. The van der Waals surface area contributed by atoms with Crippen LogP contribution in [0.2, 0.25) is 0 Å². The molecule has 0 bridgehead atoms. The Morgan fingerprint density at radius 1 is 0.466 bits per heavy atom. The van der Waals surface area contributed by atoms with Crippen molar-refractivity contribution >= 4 is 23.6 Å². The van der Waals surface area contributed by atoms with Gasteiger partial charge in [-0.05, 0) is 55.9 Å². The van der Waals surface area contributed by atoms with E-state index in [1.54, 1.807) is 4.90 Å². The first kappa shape index (κ1) is 61.0. The molecule has 0 aromatic heterocycles. The zero-order chi connectivity index (χ0) is 51.3. The Morgan fingerprint density at radius 2 is 0.904 bits per heavy atom. The molecule has 2 aliphatic rings. The average molecular weight is 1030 g/mol. The van der Waals surface area contributed by atoms with Crippen molar-refractivity contribution in [3.8, 4) is 11.8 Å². The van der Waals surface area contributed by atoms with Crippen LogP contribution in [0.15, 0.2) is 60.7 Å². The number of rotatable bonds is 43. The number of ether oxygens (including phenoxy) is 13. The standard InChI is InChI=1S/C54H81N3O16/c58-52(55-20-18-53(59)57-46-49-12-7-6-10-47(49)16-17-48-11-8-9-15-51(48)57)19-22-61-24-26-63-28-30-65-32-34-67-36-38-69-40-42-71-44-45-72-43-41-70-39-37-68-35-33-66-31-29-64-27-25-62-23-21-56-54(60)73-50-13-4-2-1-3-5-14-50/h1-2,6-12,15,50H,3-5,13-14,18-46H2,(H,55,58)(H,56,60)/b2-1-. The molecule has 19 heteroatoms.